The average molecular weight is 462 g/mol. The van der Waals surface area contributed by atoms with Crippen molar-refractivity contribution in [1.82, 2.24) is 25.1 Å². The Hall–Kier alpha value is -4.14. The zero-order valence-corrected chi connectivity index (χ0v) is 19.2. The lowest BCUT2D eigenvalue weighted by molar-refractivity contribution is -0.121. The molecule has 2 heterocycles. The molecule has 0 saturated carbocycles. The minimum atomic E-state index is 0.0116. The normalized spacial score (nSPS) is 10.8. The first-order chi connectivity index (χ1) is 16.7. The molecule has 2 aromatic carbocycles. The molecule has 0 radical (unpaired) electrons. The van der Waals surface area contributed by atoms with Crippen molar-refractivity contribution in [3.63, 3.8) is 0 Å². The van der Waals surface area contributed by atoms with Crippen LogP contribution in [0.1, 0.15) is 18.4 Å². The third-order valence-corrected chi connectivity index (χ3v) is 5.27. The third-order valence-electron chi connectivity index (χ3n) is 5.27. The molecule has 176 valence electrons. The minimum Gasteiger partial charge on any atom is -0.493 e. The molecule has 1 amide bonds. The first-order valence-corrected chi connectivity index (χ1v) is 11.1. The first-order valence-electron chi connectivity index (χ1n) is 11.1. The number of ether oxygens (including phenoxy) is 3. The molecule has 2 aromatic heterocycles. The van der Waals surface area contributed by atoms with E-state index < -0.39 is 0 Å². The highest BCUT2D eigenvalue weighted by Gasteiger charge is 2.13. The molecular weight excluding hydrogens is 434 g/mol. The minimum absolute atomic E-state index is 0.0116. The zero-order chi connectivity index (χ0) is 23.8. The van der Waals surface area contributed by atoms with Crippen molar-refractivity contribution in [2.24, 2.45) is 0 Å². The second-order valence-corrected chi connectivity index (χ2v) is 7.57. The van der Waals surface area contributed by atoms with Crippen LogP contribution in [0.15, 0.2) is 60.7 Å². The lowest BCUT2D eigenvalue weighted by atomic mass is 10.1. The SMILES string of the molecule is COc1ccc(-c2nnc3ccc(OCCNC(=O)CCCc4ccccc4)nn23)cc1OC. The Morgan fingerprint density at radius 3 is 2.59 bits per heavy atom. The van der Waals surface area contributed by atoms with Gasteiger partial charge in [0.1, 0.15) is 6.61 Å². The number of nitrogens with zero attached hydrogens (tertiary/aromatic N) is 4. The first kappa shape index (κ1) is 23.0. The Balaban J connectivity index is 1.31. The summed E-state index contributed by atoms with van der Waals surface area (Å²) in [5.74, 6) is 2.18. The van der Waals surface area contributed by atoms with Gasteiger partial charge in [0.25, 0.3) is 0 Å². The Morgan fingerprint density at radius 2 is 1.79 bits per heavy atom. The van der Waals surface area contributed by atoms with E-state index in [0.29, 0.717) is 48.4 Å². The van der Waals surface area contributed by atoms with E-state index in [1.165, 1.54) is 5.56 Å². The molecule has 9 heteroatoms. The second-order valence-electron chi connectivity index (χ2n) is 7.57. The Labute approximate surface area is 197 Å². The maximum absolute atomic E-state index is 12.1. The van der Waals surface area contributed by atoms with E-state index in [1.807, 2.05) is 30.3 Å². The number of hydrogen-bond acceptors (Lipinski definition) is 7. The fourth-order valence-electron chi connectivity index (χ4n) is 3.54. The standard InChI is InChI=1S/C25H27N5O4/c1-32-20-12-11-19(17-21(20)33-2)25-28-27-22-13-14-24(29-30(22)25)34-16-15-26-23(31)10-6-9-18-7-4-3-5-8-18/h3-5,7-8,11-14,17H,6,9-10,15-16H2,1-2H3,(H,26,31). The highest BCUT2D eigenvalue weighted by molar-refractivity contribution is 5.75. The molecule has 4 rings (SSSR count). The molecule has 0 saturated heterocycles. The molecule has 0 atom stereocenters. The maximum atomic E-state index is 12.1. The van der Waals surface area contributed by atoms with Crippen molar-refractivity contribution in [1.29, 1.82) is 0 Å². The zero-order valence-electron chi connectivity index (χ0n) is 19.2. The number of rotatable bonds is 11. The van der Waals surface area contributed by atoms with Crippen LogP contribution in [0.25, 0.3) is 17.0 Å². The number of hydrogen-bond donors (Lipinski definition) is 1. The smallest absolute Gasteiger partial charge is 0.231 e. The summed E-state index contributed by atoms with van der Waals surface area (Å²) < 4.78 is 18.0. The summed E-state index contributed by atoms with van der Waals surface area (Å²) in [7, 11) is 3.16. The third kappa shape index (κ3) is 5.61. The van der Waals surface area contributed by atoms with Crippen LogP contribution in [-0.4, -0.2) is 53.1 Å². The molecule has 9 nitrogen and oxygen atoms in total. The van der Waals surface area contributed by atoms with Crippen LogP contribution in [0, 0.1) is 0 Å². The number of nitrogens with one attached hydrogen (secondary N) is 1. The number of aromatic nitrogens is 4. The molecule has 0 bridgehead atoms. The van der Waals surface area contributed by atoms with Gasteiger partial charge in [-0.3, -0.25) is 4.79 Å². The maximum Gasteiger partial charge on any atom is 0.231 e. The second kappa shape index (κ2) is 11.1. The molecule has 0 spiro atoms. The molecule has 0 aliphatic heterocycles. The van der Waals surface area contributed by atoms with E-state index in [0.717, 1.165) is 18.4 Å². The van der Waals surface area contributed by atoms with Gasteiger partial charge < -0.3 is 19.5 Å². The van der Waals surface area contributed by atoms with Gasteiger partial charge in [-0.1, -0.05) is 30.3 Å². The van der Waals surface area contributed by atoms with Crippen LogP contribution in [0.3, 0.4) is 0 Å². The molecular formula is C25H27N5O4. The number of benzene rings is 2. The van der Waals surface area contributed by atoms with E-state index in [1.54, 1.807) is 36.9 Å². The molecule has 0 fully saturated rings. The summed E-state index contributed by atoms with van der Waals surface area (Å²) in [6, 6.07) is 19.1. The van der Waals surface area contributed by atoms with Gasteiger partial charge in [0.05, 0.1) is 20.8 Å². The van der Waals surface area contributed by atoms with Crippen molar-refractivity contribution < 1.29 is 19.0 Å². The topological polar surface area (TPSA) is 99.9 Å². The Bertz CT molecular complexity index is 1240. The van der Waals surface area contributed by atoms with Crippen LogP contribution in [0.5, 0.6) is 17.4 Å². The molecule has 0 unspecified atom stereocenters. The van der Waals surface area contributed by atoms with Gasteiger partial charge in [0, 0.05) is 18.1 Å². The summed E-state index contributed by atoms with van der Waals surface area (Å²) >= 11 is 0. The predicted molar refractivity (Wildman–Crippen MR) is 127 cm³/mol. The molecule has 1 N–H and O–H groups in total. The lowest BCUT2D eigenvalue weighted by Crippen LogP contribution is -2.28. The van der Waals surface area contributed by atoms with Gasteiger partial charge in [-0.2, -0.15) is 4.52 Å². The van der Waals surface area contributed by atoms with Gasteiger partial charge in [-0.15, -0.1) is 15.3 Å². The summed E-state index contributed by atoms with van der Waals surface area (Å²) in [4.78, 5) is 12.1. The van der Waals surface area contributed by atoms with Crippen molar-refractivity contribution in [3.8, 4) is 28.8 Å². The molecule has 34 heavy (non-hydrogen) atoms. The predicted octanol–water partition coefficient (Wildman–Crippen LogP) is 3.33. The van der Waals surface area contributed by atoms with Crippen molar-refractivity contribution in [2.45, 2.75) is 19.3 Å². The van der Waals surface area contributed by atoms with Crippen molar-refractivity contribution >= 4 is 11.6 Å². The number of fused-ring (bicyclic) bond motifs is 1. The quantitative estimate of drug-likeness (QED) is 0.342. The summed E-state index contributed by atoms with van der Waals surface area (Å²) in [5, 5.41) is 15.8. The lowest BCUT2D eigenvalue weighted by Gasteiger charge is -2.09. The van der Waals surface area contributed by atoms with Gasteiger partial charge in [-0.25, -0.2) is 0 Å². The van der Waals surface area contributed by atoms with E-state index in [-0.39, 0.29) is 5.91 Å². The molecule has 4 aromatic rings. The highest BCUT2D eigenvalue weighted by Crippen LogP contribution is 2.31. The van der Waals surface area contributed by atoms with E-state index in [4.69, 9.17) is 14.2 Å². The van der Waals surface area contributed by atoms with Gasteiger partial charge in [0.15, 0.2) is 23.0 Å². The van der Waals surface area contributed by atoms with E-state index in [9.17, 15) is 4.79 Å². The Kier molecular flexibility index (Phi) is 7.54. The number of carbonyl (C=O) groups excluding carboxylic acids is 1. The summed E-state index contributed by atoms with van der Waals surface area (Å²) in [6.07, 6.45) is 2.17. The van der Waals surface area contributed by atoms with Gasteiger partial charge in [0.2, 0.25) is 11.8 Å². The summed E-state index contributed by atoms with van der Waals surface area (Å²) in [6.45, 7) is 0.700. The van der Waals surface area contributed by atoms with Crippen LogP contribution >= 0.6 is 0 Å². The number of amides is 1. The summed E-state index contributed by atoms with van der Waals surface area (Å²) in [5.41, 5.74) is 2.60. The van der Waals surface area contributed by atoms with E-state index in [2.05, 4.69) is 32.7 Å². The monoisotopic (exact) mass is 461 g/mol. The number of aryl methyl sites for hydroxylation is 1. The molecule has 0 aliphatic carbocycles. The van der Waals surface area contributed by atoms with Crippen molar-refractivity contribution in [2.75, 3.05) is 27.4 Å². The van der Waals surface area contributed by atoms with Crippen LogP contribution in [0.4, 0.5) is 0 Å². The fourth-order valence-corrected chi connectivity index (χ4v) is 3.54. The van der Waals surface area contributed by atoms with Crippen LogP contribution in [0.2, 0.25) is 0 Å². The number of methoxy groups -OCH3 is 2. The fraction of sp³-hybridized carbons (Fsp3) is 0.280. The van der Waals surface area contributed by atoms with Gasteiger partial charge >= 0.3 is 0 Å². The molecule has 0 aliphatic rings. The Morgan fingerprint density at radius 1 is 0.971 bits per heavy atom. The van der Waals surface area contributed by atoms with Gasteiger partial charge in [-0.05, 0) is 42.7 Å². The highest BCUT2D eigenvalue weighted by atomic mass is 16.5. The number of carbonyl (C=O) groups is 1. The van der Waals surface area contributed by atoms with Crippen LogP contribution < -0.4 is 19.5 Å². The average Bonchev–Trinajstić information content (AvgIpc) is 3.30. The van der Waals surface area contributed by atoms with Crippen LogP contribution in [-0.2, 0) is 11.2 Å². The largest absolute Gasteiger partial charge is 0.493 e. The van der Waals surface area contributed by atoms with Crippen molar-refractivity contribution in [3.05, 3.63) is 66.2 Å². The van der Waals surface area contributed by atoms with E-state index >= 15 is 0 Å².